The first-order chi connectivity index (χ1) is 7.39. The molecule has 7 nitrogen and oxygen atoms in total. The van der Waals surface area contributed by atoms with E-state index >= 15 is 0 Å². The van der Waals surface area contributed by atoms with Gasteiger partial charge in [-0.1, -0.05) is 0 Å². The third-order valence-electron chi connectivity index (χ3n) is 1.81. The van der Waals surface area contributed by atoms with Crippen molar-refractivity contribution in [1.29, 1.82) is 0 Å². The Morgan fingerprint density at radius 3 is 2.62 bits per heavy atom. The van der Waals surface area contributed by atoms with Crippen molar-refractivity contribution in [2.24, 2.45) is 0 Å². The lowest BCUT2D eigenvalue weighted by Crippen LogP contribution is -2.11. The minimum absolute atomic E-state index is 0.108. The van der Waals surface area contributed by atoms with Crippen molar-refractivity contribution in [2.45, 2.75) is 13.5 Å². The molecule has 0 aliphatic carbocycles. The van der Waals surface area contributed by atoms with E-state index in [1.165, 1.54) is 13.1 Å². The van der Waals surface area contributed by atoms with Crippen LogP contribution in [0.3, 0.4) is 0 Å². The number of hydrogen-bond acceptors (Lipinski definition) is 6. The van der Waals surface area contributed by atoms with Gasteiger partial charge in [0, 0.05) is 11.8 Å². The molecule has 88 valence electrons. The highest BCUT2D eigenvalue weighted by Crippen LogP contribution is 2.24. The number of aromatic nitrogens is 1. The van der Waals surface area contributed by atoms with Crippen molar-refractivity contribution < 1.29 is 27.1 Å². The summed E-state index contributed by atoms with van der Waals surface area (Å²) in [5.74, 6) is -0.385. The molecule has 1 aromatic rings. The third-order valence-corrected chi connectivity index (χ3v) is 2.19. The Bertz CT molecular complexity index is 510. The summed E-state index contributed by atoms with van der Waals surface area (Å²) in [7, 11) is -4.74. The molecule has 0 saturated carbocycles. The number of aliphatic hydroxyl groups is 1. The van der Waals surface area contributed by atoms with Gasteiger partial charge in [0.15, 0.2) is 12.0 Å². The Morgan fingerprint density at radius 2 is 2.19 bits per heavy atom. The summed E-state index contributed by atoms with van der Waals surface area (Å²) in [6, 6.07) is 0. The van der Waals surface area contributed by atoms with Crippen LogP contribution in [0, 0.1) is 6.92 Å². The van der Waals surface area contributed by atoms with Gasteiger partial charge in [-0.15, -0.1) is 0 Å². The van der Waals surface area contributed by atoms with E-state index in [1.54, 1.807) is 0 Å². The molecule has 0 aromatic carbocycles. The maximum absolute atomic E-state index is 10.7. The summed E-state index contributed by atoms with van der Waals surface area (Å²) in [6.45, 7) is 0.901. The molecule has 0 bridgehead atoms. The molecular weight excluding hydrogens is 238 g/mol. The Morgan fingerprint density at radius 1 is 1.56 bits per heavy atom. The van der Waals surface area contributed by atoms with Gasteiger partial charge in [0.05, 0.1) is 17.9 Å². The normalized spacial score (nSPS) is 11.2. The SMILES string of the molecule is Cc1ncc(CO)c(C=O)c1OS(=O)(=O)O. The van der Waals surface area contributed by atoms with Crippen molar-refractivity contribution >= 4 is 16.7 Å². The summed E-state index contributed by atoms with van der Waals surface area (Å²) in [5, 5.41) is 8.90. The van der Waals surface area contributed by atoms with Gasteiger partial charge in [-0.25, -0.2) is 0 Å². The topological polar surface area (TPSA) is 114 Å². The second-order valence-corrected chi connectivity index (χ2v) is 3.92. The van der Waals surface area contributed by atoms with Crippen LogP contribution in [-0.2, 0) is 17.0 Å². The van der Waals surface area contributed by atoms with Gasteiger partial charge >= 0.3 is 10.4 Å². The lowest BCUT2D eigenvalue weighted by atomic mass is 10.1. The van der Waals surface area contributed by atoms with Gasteiger partial charge in [-0.2, -0.15) is 8.42 Å². The van der Waals surface area contributed by atoms with E-state index in [-0.39, 0.29) is 22.6 Å². The first-order valence-electron chi connectivity index (χ1n) is 4.10. The van der Waals surface area contributed by atoms with Crippen LogP contribution in [0.15, 0.2) is 6.20 Å². The van der Waals surface area contributed by atoms with E-state index in [1.807, 2.05) is 0 Å². The highest BCUT2D eigenvalue weighted by atomic mass is 32.3. The zero-order valence-electron chi connectivity index (χ0n) is 8.24. The van der Waals surface area contributed by atoms with Crippen LogP contribution in [0.5, 0.6) is 5.75 Å². The maximum atomic E-state index is 10.7. The van der Waals surface area contributed by atoms with Crippen molar-refractivity contribution in [3.05, 3.63) is 23.0 Å². The second-order valence-electron chi connectivity index (χ2n) is 2.90. The molecule has 0 aliphatic heterocycles. The molecule has 16 heavy (non-hydrogen) atoms. The van der Waals surface area contributed by atoms with Crippen LogP contribution in [0.1, 0.15) is 21.6 Å². The van der Waals surface area contributed by atoms with Gasteiger partial charge in [-0.05, 0) is 6.92 Å². The van der Waals surface area contributed by atoms with Crippen molar-refractivity contribution in [2.75, 3.05) is 0 Å². The van der Waals surface area contributed by atoms with E-state index < -0.39 is 17.0 Å². The minimum atomic E-state index is -4.74. The van der Waals surface area contributed by atoms with Crippen molar-refractivity contribution in [3.63, 3.8) is 0 Å². The van der Waals surface area contributed by atoms with Crippen molar-refractivity contribution in [3.8, 4) is 5.75 Å². The molecule has 2 N–H and O–H groups in total. The molecule has 1 aromatic heterocycles. The monoisotopic (exact) mass is 247 g/mol. The van der Waals surface area contributed by atoms with Crippen LogP contribution in [-0.4, -0.2) is 29.3 Å². The number of nitrogens with zero attached hydrogens (tertiary/aromatic N) is 1. The molecule has 1 rings (SSSR count). The molecule has 0 amide bonds. The quantitative estimate of drug-likeness (QED) is 0.563. The smallest absolute Gasteiger partial charge is 0.392 e. The highest BCUT2D eigenvalue weighted by Gasteiger charge is 2.18. The first kappa shape index (κ1) is 12.6. The van der Waals surface area contributed by atoms with E-state index in [4.69, 9.17) is 9.66 Å². The van der Waals surface area contributed by atoms with Crippen molar-refractivity contribution in [1.82, 2.24) is 4.98 Å². The average Bonchev–Trinajstić information content (AvgIpc) is 2.19. The van der Waals surface area contributed by atoms with Crippen LogP contribution < -0.4 is 4.18 Å². The molecule has 0 unspecified atom stereocenters. The number of carbonyl (C=O) groups is 1. The lowest BCUT2D eigenvalue weighted by Gasteiger charge is -2.09. The standard InChI is InChI=1S/C8H9NO6S/c1-5-8(15-16(12,13)14)7(4-11)6(3-10)2-9-5/h2,4,10H,3H2,1H3,(H,12,13,14). The number of hydrogen-bond donors (Lipinski definition) is 2. The second kappa shape index (κ2) is 4.56. The van der Waals surface area contributed by atoms with Gasteiger partial charge < -0.3 is 9.29 Å². The van der Waals surface area contributed by atoms with Gasteiger partial charge in [-0.3, -0.25) is 14.3 Å². The summed E-state index contributed by atoms with van der Waals surface area (Å²) >= 11 is 0. The predicted octanol–water partition coefficient (Wildman–Crippen LogP) is -0.124. The number of rotatable bonds is 4. The fraction of sp³-hybridized carbons (Fsp3) is 0.250. The molecule has 0 fully saturated rings. The zero-order valence-corrected chi connectivity index (χ0v) is 9.06. The van der Waals surface area contributed by atoms with Gasteiger partial charge in [0.25, 0.3) is 0 Å². The van der Waals surface area contributed by atoms with Crippen LogP contribution in [0.4, 0.5) is 0 Å². The molecule has 8 heteroatoms. The molecule has 1 heterocycles. The Kier molecular flexibility index (Phi) is 3.58. The fourth-order valence-corrected chi connectivity index (χ4v) is 1.53. The first-order valence-corrected chi connectivity index (χ1v) is 5.47. The molecule has 0 aliphatic rings. The summed E-state index contributed by atoms with van der Waals surface area (Å²) < 4.78 is 33.8. The lowest BCUT2D eigenvalue weighted by molar-refractivity contribution is 0.111. The third kappa shape index (κ3) is 2.75. The van der Waals surface area contributed by atoms with Crippen LogP contribution in [0.25, 0.3) is 0 Å². The summed E-state index contributed by atoms with van der Waals surface area (Å²) in [5.41, 5.74) is 0.0591. The van der Waals surface area contributed by atoms with Crippen LogP contribution in [0.2, 0.25) is 0 Å². The van der Waals surface area contributed by atoms with Crippen LogP contribution >= 0.6 is 0 Å². The largest absolute Gasteiger partial charge is 0.446 e. The fourth-order valence-electron chi connectivity index (χ4n) is 1.11. The Balaban J connectivity index is 3.40. The predicted molar refractivity (Wildman–Crippen MR) is 52.5 cm³/mol. The molecule has 0 atom stereocenters. The number of aliphatic hydroxyl groups excluding tert-OH is 1. The minimum Gasteiger partial charge on any atom is -0.392 e. The van der Waals surface area contributed by atoms with E-state index in [9.17, 15) is 13.2 Å². The average molecular weight is 247 g/mol. The molecule has 0 saturated heterocycles. The molecular formula is C8H9NO6S. The number of carbonyl (C=O) groups excluding carboxylic acids is 1. The maximum Gasteiger partial charge on any atom is 0.446 e. The molecule has 0 spiro atoms. The number of aryl methyl sites for hydroxylation is 1. The number of pyridine rings is 1. The zero-order chi connectivity index (χ0) is 12.3. The van der Waals surface area contributed by atoms with E-state index in [0.717, 1.165) is 0 Å². The number of aldehydes is 1. The molecule has 0 radical (unpaired) electrons. The Hall–Kier alpha value is -1.51. The van der Waals surface area contributed by atoms with E-state index in [0.29, 0.717) is 6.29 Å². The van der Waals surface area contributed by atoms with Gasteiger partial charge in [0.1, 0.15) is 0 Å². The van der Waals surface area contributed by atoms with Gasteiger partial charge in [0.2, 0.25) is 0 Å². The van der Waals surface area contributed by atoms with E-state index in [2.05, 4.69) is 9.17 Å². The summed E-state index contributed by atoms with van der Waals surface area (Å²) in [4.78, 5) is 14.5. The highest BCUT2D eigenvalue weighted by molar-refractivity contribution is 7.81. The Labute approximate surface area is 91.7 Å². The summed E-state index contributed by atoms with van der Waals surface area (Å²) in [6.07, 6.45) is 1.54.